The van der Waals surface area contributed by atoms with Crippen LogP contribution >= 0.6 is 0 Å². The molecular weight excluding hydrogens is 256 g/mol. The van der Waals surface area contributed by atoms with E-state index in [1.807, 2.05) is 20.8 Å². The fourth-order valence-corrected chi connectivity index (χ4v) is 1.93. The summed E-state index contributed by atoms with van der Waals surface area (Å²) < 4.78 is 5.34. The number of benzene rings is 1. The minimum absolute atomic E-state index is 0.0477. The quantitative estimate of drug-likeness (QED) is 0.705. The van der Waals surface area contributed by atoms with Gasteiger partial charge in [0.25, 0.3) is 0 Å². The zero-order valence-electron chi connectivity index (χ0n) is 12.3. The van der Waals surface area contributed by atoms with Gasteiger partial charge in [-0.05, 0) is 44.9 Å². The number of hydrogen-bond donors (Lipinski definition) is 3. The summed E-state index contributed by atoms with van der Waals surface area (Å²) in [5.41, 5.74) is 6.60. The first-order valence-corrected chi connectivity index (χ1v) is 6.93. The Hall–Kier alpha value is -1.75. The number of rotatable bonds is 7. The molecule has 0 fully saturated rings. The molecule has 5 heteroatoms. The van der Waals surface area contributed by atoms with Gasteiger partial charge in [0.1, 0.15) is 0 Å². The van der Waals surface area contributed by atoms with Crippen LogP contribution < -0.4 is 15.8 Å². The van der Waals surface area contributed by atoms with Crippen molar-refractivity contribution in [1.29, 1.82) is 0 Å². The summed E-state index contributed by atoms with van der Waals surface area (Å²) in [7, 11) is 0. The van der Waals surface area contributed by atoms with Crippen LogP contribution in [0.15, 0.2) is 18.2 Å². The molecule has 0 saturated heterocycles. The molecular formula is C15H24N2O3. The number of carbonyl (C=O) groups excluding carboxylic acids is 1. The molecule has 112 valence electrons. The van der Waals surface area contributed by atoms with Crippen LogP contribution in [0.2, 0.25) is 0 Å². The SMILES string of the molecule is CCOc1cc(CC(CN)C(=O)NC(C)C)ccc1O. The lowest BCUT2D eigenvalue weighted by Crippen LogP contribution is -2.39. The van der Waals surface area contributed by atoms with Crippen molar-refractivity contribution in [2.45, 2.75) is 33.2 Å². The van der Waals surface area contributed by atoms with E-state index in [1.165, 1.54) is 0 Å². The Morgan fingerprint density at radius 1 is 1.45 bits per heavy atom. The van der Waals surface area contributed by atoms with Crippen LogP contribution in [0.1, 0.15) is 26.3 Å². The highest BCUT2D eigenvalue weighted by Crippen LogP contribution is 2.27. The second-order valence-electron chi connectivity index (χ2n) is 5.04. The van der Waals surface area contributed by atoms with E-state index in [0.717, 1.165) is 5.56 Å². The molecule has 0 spiro atoms. The maximum Gasteiger partial charge on any atom is 0.224 e. The van der Waals surface area contributed by atoms with E-state index in [0.29, 0.717) is 18.8 Å². The number of phenols is 1. The van der Waals surface area contributed by atoms with Gasteiger partial charge in [-0.25, -0.2) is 0 Å². The van der Waals surface area contributed by atoms with E-state index >= 15 is 0 Å². The zero-order valence-corrected chi connectivity index (χ0v) is 12.3. The van der Waals surface area contributed by atoms with Gasteiger partial charge in [-0.2, -0.15) is 0 Å². The summed E-state index contributed by atoms with van der Waals surface area (Å²) >= 11 is 0. The highest BCUT2D eigenvalue weighted by Gasteiger charge is 2.18. The lowest BCUT2D eigenvalue weighted by molar-refractivity contribution is -0.125. The van der Waals surface area contributed by atoms with Crippen LogP contribution in [0.25, 0.3) is 0 Å². The first kappa shape index (κ1) is 16.3. The number of aromatic hydroxyl groups is 1. The maximum absolute atomic E-state index is 12.0. The van der Waals surface area contributed by atoms with Crippen LogP contribution in [0.4, 0.5) is 0 Å². The first-order valence-electron chi connectivity index (χ1n) is 6.93. The van der Waals surface area contributed by atoms with E-state index in [4.69, 9.17) is 10.5 Å². The van der Waals surface area contributed by atoms with E-state index in [-0.39, 0.29) is 30.2 Å². The van der Waals surface area contributed by atoms with E-state index in [2.05, 4.69) is 5.32 Å². The van der Waals surface area contributed by atoms with Crippen molar-refractivity contribution in [2.75, 3.05) is 13.2 Å². The second-order valence-corrected chi connectivity index (χ2v) is 5.04. The van der Waals surface area contributed by atoms with Crippen molar-refractivity contribution in [2.24, 2.45) is 11.7 Å². The average Bonchev–Trinajstić information content (AvgIpc) is 2.38. The Bertz CT molecular complexity index is 447. The molecule has 0 radical (unpaired) electrons. The predicted molar refractivity (Wildman–Crippen MR) is 78.8 cm³/mol. The third kappa shape index (κ3) is 4.74. The summed E-state index contributed by atoms with van der Waals surface area (Å²) in [5.74, 6) is 0.210. The molecule has 4 N–H and O–H groups in total. The molecule has 1 aromatic carbocycles. The molecule has 1 atom stereocenters. The molecule has 1 unspecified atom stereocenters. The first-order chi connectivity index (χ1) is 9.47. The third-order valence-corrected chi connectivity index (χ3v) is 2.89. The van der Waals surface area contributed by atoms with Crippen molar-refractivity contribution in [3.63, 3.8) is 0 Å². The van der Waals surface area contributed by atoms with Crippen LogP contribution in [-0.4, -0.2) is 30.2 Å². The Morgan fingerprint density at radius 3 is 2.70 bits per heavy atom. The van der Waals surface area contributed by atoms with E-state index < -0.39 is 0 Å². The van der Waals surface area contributed by atoms with Crippen molar-refractivity contribution in [3.8, 4) is 11.5 Å². The molecule has 0 saturated carbocycles. The Morgan fingerprint density at radius 2 is 2.15 bits per heavy atom. The lowest BCUT2D eigenvalue weighted by Gasteiger charge is -2.17. The molecule has 0 aliphatic rings. The molecule has 20 heavy (non-hydrogen) atoms. The number of nitrogens with two attached hydrogens (primary N) is 1. The molecule has 0 heterocycles. The molecule has 5 nitrogen and oxygen atoms in total. The minimum atomic E-state index is -0.281. The van der Waals surface area contributed by atoms with Crippen LogP contribution in [0, 0.1) is 5.92 Å². The lowest BCUT2D eigenvalue weighted by atomic mass is 9.98. The third-order valence-electron chi connectivity index (χ3n) is 2.89. The monoisotopic (exact) mass is 280 g/mol. The summed E-state index contributed by atoms with van der Waals surface area (Å²) in [6.07, 6.45) is 0.523. The number of amides is 1. The van der Waals surface area contributed by atoms with E-state index in [9.17, 15) is 9.90 Å². The number of hydrogen-bond acceptors (Lipinski definition) is 4. The van der Waals surface area contributed by atoms with Gasteiger partial charge in [0.05, 0.1) is 12.5 Å². The molecule has 1 aromatic rings. The Kier molecular flexibility index (Phi) is 6.31. The molecule has 1 rings (SSSR count). The number of ether oxygens (including phenoxy) is 1. The number of nitrogens with one attached hydrogen (secondary N) is 1. The molecule has 0 bridgehead atoms. The van der Waals surface area contributed by atoms with Gasteiger partial charge in [-0.3, -0.25) is 4.79 Å². The summed E-state index contributed by atoms with van der Waals surface area (Å²) in [6, 6.07) is 5.21. The summed E-state index contributed by atoms with van der Waals surface area (Å²) in [4.78, 5) is 12.0. The summed E-state index contributed by atoms with van der Waals surface area (Å²) in [5, 5.41) is 12.5. The highest BCUT2D eigenvalue weighted by molar-refractivity contribution is 5.79. The Labute approximate surface area is 120 Å². The second kappa shape index (κ2) is 7.75. The summed E-state index contributed by atoms with van der Waals surface area (Å²) in [6.45, 7) is 6.44. The standard InChI is InChI=1S/C15H24N2O3/c1-4-20-14-8-11(5-6-13(14)18)7-12(9-16)15(19)17-10(2)3/h5-6,8,10,12,18H,4,7,9,16H2,1-3H3,(H,17,19). The molecule has 0 aliphatic carbocycles. The highest BCUT2D eigenvalue weighted by atomic mass is 16.5. The van der Waals surface area contributed by atoms with Crippen LogP contribution in [-0.2, 0) is 11.2 Å². The van der Waals surface area contributed by atoms with Crippen molar-refractivity contribution < 1.29 is 14.6 Å². The smallest absolute Gasteiger partial charge is 0.224 e. The van der Waals surface area contributed by atoms with Gasteiger partial charge < -0.3 is 20.9 Å². The van der Waals surface area contributed by atoms with Gasteiger partial charge in [0, 0.05) is 12.6 Å². The molecule has 0 aromatic heterocycles. The van der Waals surface area contributed by atoms with Gasteiger partial charge >= 0.3 is 0 Å². The molecule has 0 aliphatic heterocycles. The van der Waals surface area contributed by atoms with Gasteiger partial charge in [0.2, 0.25) is 5.91 Å². The topological polar surface area (TPSA) is 84.6 Å². The van der Waals surface area contributed by atoms with Gasteiger partial charge in [-0.1, -0.05) is 6.07 Å². The Balaban J connectivity index is 2.79. The maximum atomic E-state index is 12.0. The number of phenolic OH excluding ortho intramolecular Hbond substituents is 1. The van der Waals surface area contributed by atoms with Crippen LogP contribution in [0.3, 0.4) is 0 Å². The average molecular weight is 280 g/mol. The largest absolute Gasteiger partial charge is 0.504 e. The minimum Gasteiger partial charge on any atom is -0.504 e. The van der Waals surface area contributed by atoms with Crippen molar-refractivity contribution in [3.05, 3.63) is 23.8 Å². The van der Waals surface area contributed by atoms with Gasteiger partial charge in [-0.15, -0.1) is 0 Å². The number of carbonyl (C=O) groups is 1. The predicted octanol–water partition coefficient (Wildman–Crippen LogP) is 1.43. The van der Waals surface area contributed by atoms with Crippen LogP contribution in [0.5, 0.6) is 11.5 Å². The van der Waals surface area contributed by atoms with E-state index in [1.54, 1.807) is 18.2 Å². The van der Waals surface area contributed by atoms with Gasteiger partial charge in [0.15, 0.2) is 11.5 Å². The normalized spacial score (nSPS) is 12.2. The zero-order chi connectivity index (χ0) is 15.1. The fourth-order valence-electron chi connectivity index (χ4n) is 1.93. The molecule has 1 amide bonds. The van der Waals surface area contributed by atoms with Crippen molar-refractivity contribution >= 4 is 5.91 Å². The van der Waals surface area contributed by atoms with Crippen molar-refractivity contribution in [1.82, 2.24) is 5.32 Å². The fraction of sp³-hybridized carbons (Fsp3) is 0.533.